The SMILES string of the molecule is Cc1cc(OCCNC(C)(C)C)ccc1Br. The van der Waals surface area contributed by atoms with Crippen molar-refractivity contribution in [3.05, 3.63) is 28.2 Å². The van der Waals surface area contributed by atoms with E-state index >= 15 is 0 Å². The Morgan fingerprint density at radius 2 is 2.00 bits per heavy atom. The second-order valence-electron chi connectivity index (χ2n) is 4.94. The lowest BCUT2D eigenvalue weighted by Crippen LogP contribution is -2.38. The maximum Gasteiger partial charge on any atom is 0.119 e. The summed E-state index contributed by atoms with van der Waals surface area (Å²) in [5.74, 6) is 0.927. The number of ether oxygens (including phenoxy) is 1. The van der Waals surface area contributed by atoms with Crippen molar-refractivity contribution < 1.29 is 4.74 Å². The zero-order valence-corrected chi connectivity index (χ0v) is 12.0. The summed E-state index contributed by atoms with van der Waals surface area (Å²) in [4.78, 5) is 0. The molecule has 2 nitrogen and oxygen atoms in total. The highest BCUT2D eigenvalue weighted by molar-refractivity contribution is 9.10. The predicted molar refractivity (Wildman–Crippen MR) is 72.1 cm³/mol. The summed E-state index contributed by atoms with van der Waals surface area (Å²) in [6.45, 7) is 10.1. The van der Waals surface area contributed by atoms with Crippen LogP contribution in [0.3, 0.4) is 0 Å². The second-order valence-corrected chi connectivity index (χ2v) is 5.79. The van der Waals surface area contributed by atoms with Gasteiger partial charge in [0.25, 0.3) is 0 Å². The minimum atomic E-state index is 0.152. The van der Waals surface area contributed by atoms with Gasteiger partial charge in [-0.25, -0.2) is 0 Å². The minimum Gasteiger partial charge on any atom is -0.492 e. The summed E-state index contributed by atoms with van der Waals surface area (Å²) in [6.07, 6.45) is 0. The molecule has 0 aliphatic rings. The molecule has 0 aliphatic carbocycles. The first-order valence-corrected chi connectivity index (χ1v) is 6.32. The molecule has 0 heterocycles. The van der Waals surface area contributed by atoms with Crippen molar-refractivity contribution in [3.63, 3.8) is 0 Å². The summed E-state index contributed by atoms with van der Waals surface area (Å²) in [5.41, 5.74) is 1.35. The van der Waals surface area contributed by atoms with E-state index in [0.717, 1.165) is 16.8 Å². The van der Waals surface area contributed by atoms with Crippen molar-refractivity contribution in [2.24, 2.45) is 0 Å². The van der Waals surface area contributed by atoms with Gasteiger partial charge in [0, 0.05) is 16.6 Å². The summed E-state index contributed by atoms with van der Waals surface area (Å²) in [6, 6.07) is 6.04. The van der Waals surface area contributed by atoms with E-state index in [0.29, 0.717) is 6.61 Å². The third-order valence-electron chi connectivity index (χ3n) is 2.16. The van der Waals surface area contributed by atoms with Gasteiger partial charge in [0.2, 0.25) is 0 Å². The normalized spacial score (nSPS) is 11.6. The highest BCUT2D eigenvalue weighted by Crippen LogP contribution is 2.21. The van der Waals surface area contributed by atoms with E-state index in [1.807, 2.05) is 18.2 Å². The lowest BCUT2D eigenvalue weighted by Gasteiger charge is -2.20. The molecule has 0 saturated heterocycles. The van der Waals surface area contributed by atoms with Crippen molar-refractivity contribution in [2.45, 2.75) is 33.2 Å². The van der Waals surface area contributed by atoms with E-state index < -0.39 is 0 Å². The van der Waals surface area contributed by atoms with Crippen LogP contribution >= 0.6 is 15.9 Å². The third kappa shape index (κ3) is 4.99. The van der Waals surface area contributed by atoms with Crippen molar-refractivity contribution in [1.82, 2.24) is 5.32 Å². The first kappa shape index (κ1) is 13.5. The summed E-state index contributed by atoms with van der Waals surface area (Å²) < 4.78 is 6.77. The fourth-order valence-electron chi connectivity index (χ4n) is 1.30. The van der Waals surface area contributed by atoms with Crippen LogP contribution in [-0.4, -0.2) is 18.7 Å². The molecule has 0 unspecified atom stereocenters. The van der Waals surface area contributed by atoms with Crippen molar-refractivity contribution in [1.29, 1.82) is 0 Å². The smallest absolute Gasteiger partial charge is 0.119 e. The van der Waals surface area contributed by atoms with Gasteiger partial charge < -0.3 is 10.1 Å². The minimum absolute atomic E-state index is 0.152. The Balaban J connectivity index is 2.35. The van der Waals surface area contributed by atoms with Crippen LogP contribution in [0.2, 0.25) is 0 Å². The number of nitrogens with one attached hydrogen (secondary N) is 1. The fraction of sp³-hybridized carbons (Fsp3) is 0.538. The van der Waals surface area contributed by atoms with Crippen LogP contribution in [0.25, 0.3) is 0 Å². The lowest BCUT2D eigenvalue weighted by atomic mass is 10.1. The molecule has 1 rings (SSSR count). The molecule has 3 heteroatoms. The Morgan fingerprint density at radius 3 is 2.56 bits per heavy atom. The number of halogens is 1. The molecule has 0 saturated carbocycles. The molecule has 1 N–H and O–H groups in total. The molecule has 0 amide bonds. The molecule has 0 radical (unpaired) electrons. The molecule has 0 atom stereocenters. The van der Waals surface area contributed by atoms with Gasteiger partial charge >= 0.3 is 0 Å². The highest BCUT2D eigenvalue weighted by Gasteiger charge is 2.07. The molecule has 0 spiro atoms. The van der Waals surface area contributed by atoms with Crippen LogP contribution < -0.4 is 10.1 Å². The van der Waals surface area contributed by atoms with Gasteiger partial charge in [0.05, 0.1) is 0 Å². The van der Waals surface area contributed by atoms with Gasteiger partial charge in [-0.1, -0.05) is 15.9 Å². The monoisotopic (exact) mass is 285 g/mol. The predicted octanol–water partition coefficient (Wildman–Crippen LogP) is 3.52. The Hall–Kier alpha value is -0.540. The van der Waals surface area contributed by atoms with Crippen molar-refractivity contribution >= 4 is 15.9 Å². The topological polar surface area (TPSA) is 21.3 Å². The van der Waals surface area contributed by atoms with Gasteiger partial charge in [-0.2, -0.15) is 0 Å². The molecular formula is C13H20BrNO. The molecule has 1 aromatic carbocycles. The van der Waals surface area contributed by atoms with Gasteiger partial charge in [0.15, 0.2) is 0 Å². The molecule has 0 aromatic heterocycles. The van der Waals surface area contributed by atoms with Gasteiger partial charge in [-0.05, 0) is 51.5 Å². The largest absolute Gasteiger partial charge is 0.492 e. The third-order valence-corrected chi connectivity index (χ3v) is 3.05. The number of benzene rings is 1. The number of hydrogen-bond acceptors (Lipinski definition) is 2. The quantitative estimate of drug-likeness (QED) is 0.855. The Kier molecular flexibility index (Phi) is 4.81. The first-order chi connectivity index (χ1) is 7.38. The van der Waals surface area contributed by atoms with Crippen LogP contribution in [-0.2, 0) is 0 Å². The first-order valence-electron chi connectivity index (χ1n) is 5.52. The number of hydrogen-bond donors (Lipinski definition) is 1. The lowest BCUT2D eigenvalue weighted by molar-refractivity contribution is 0.291. The molecule has 1 aromatic rings. The molecule has 0 bridgehead atoms. The molecule has 0 fully saturated rings. The average Bonchev–Trinajstić information content (AvgIpc) is 2.17. The zero-order chi connectivity index (χ0) is 12.2. The summed E-state index contributed by atoms with van der Waals surface area (Å²) in [5, 5.41) is 3.38. The summed E-state index contributed by atoms with van der Waals surface area (Å²) in [7, 11) is 0. The zero-order valence-electron chi connectivity index (χ0n) is 10.4. The standard InChI is InChI=1S/C13H20BrNO/c1-10-9-11(5-6-12(10)14)16-8-7-15-13(2,3)4/h5-6,9,15H,7-8H2,1-4H3. The Morgan fingerprint density at radius 1 is 1.31 bits per heavy atom. The van der Waals surface area contributed by atoms with Gasteiger partial charge in [-0.15, -0.1) is 0 Å². The Bertz CT molecular complexity index is 344. The molecule has 0 aliphatic heterocycles. The van der Waals surface area contributed by atoms with Crippen molar-refractivity contribution in [2.75, 3.05) is 13.2 Å². The number of aryl methyl sites for hydroxylation is 1. The van der Waals surface area contributed by atoms with Gasteiger partial charge in [-0.3, -0.25) is 0 Å². The van der Waals surface area contributed by atoms with Crippen LogP contribution in [0.4, 0.5) is 0 Å². The van der Waals surface area contributed by atoms with Crippen LogP contribution in [0, 0.1) is 6.92 Å². The number of rotatable bonds is 4. The van der Waals surface area contributed by atoms with Gasteiger partial charge in [0.1, 0.15) is 12.4 Å². The highest BCUT2D eigenvalue weighted by atomic mass is 79.9. The van der Waals surface area contributed by atoms with Crippen LogP contribution in [0.15, 0.2) is 22.7 Å². The van der Waals surface area contributed by atoms with E-state index in [1.54, 1.807) is 0 Å². The average molecular weight is 286 g/mol. The van der Waals surface area contributed by atoms with E-state index in [2.05, 4.69) is 48.9 Å². The van der Waals surface area contributed by atoms with E-state index in [1.165, 1.54) is 5.56 Å². The summed E-state index contributed by atoms with van der Waals surface area (Å²) >= 11 is 3.47. The van der Waals surface area contributed by atoms with E-state index in [-0.39, 0.29) is 5.54 Å². The molecule has 16 heavy (non-hydrogen) atoms. The van der Waals surface area contributed by atoms with Crippen LogP contribution in [0.1, 0.15) is 26.3 Å². The van der Waals surface area contributed by atoms with E-state index in [9.17, 15) is 0 Å². The molecular weight excluding hydrogens is 266 g/mol. The Labute approximate surface area is 107 Å². The fourth-order valence-corrected chi connectivity index (χ4v) is 1.55. The maximum atomic E-state index is 5.65. The van der Waals surface area contributed by atoms with Crippen molar-refractivity contribution in [3.8, 4) is 5.75 Å². The van der Waals surface area contributed by atoms with Crippen LogP contribution in [0.5, 0.6) is 5.75 Å². The second kappa shape index (κ2) is 5.69. The van der Waals surface area contributed by atoms with E-state index in [4.69, 9.17) is 4.74 Å². The maximum absolute atomic E-state index is 5.65. The molecule has 90 valence electrons.